The molecular weight excluding hydrogens is 240 g/mol. The van der Waals surface area contributed by atoms with Gasteiger partial charge < -0.3 is 0 Å². The molecule has 1 aliphatic heterocycles. The highest BCUT2D eigenvalue weighted by atomic mass is 17.4. The molecule has 0 saturated carbocycles. The van der Waals surface area contributed by atoms with E-state index in [0.717, 1.165) is 6.42 Å². The van der Waals surface area contributed by atoms with E-state index < -0.39 is 6.29 Å². The summed E-state index contributed by atoms with van der Waals surface area (Å²) in [6.07, 6.45) is 8.02. The predicted octanol–water partition coefficient (Wildman–Crippen LogP) is 3.86. The summed E-state index contributed by atoms with van der Waals surface area (Å²) in [5.41, 5.74) is 1.75. The maximum atomic E-state index is 11.7. The van der Waals surface area contributed by atoms with Gasteiger partial charge in [-0.25, -0.2) is 0 Å². The molecule has 1 aromatic rings. The summed E-state index contributed by atoms with van der Waals surface area (Å²) in [6, 6.07) is 8.67. The highest BCUT2D eigenvalue weighted by Gasteiger charge is 2.35. The van der Waals surface area contributed by atoms with Gasteiger partial charge in [0.25, 0.3) is 6.29 Å². The van der Waals surface area contributed by atoms with Crippen LogP contribution in [-0.4, -0.2) is 12.1 Å². The van der Waals surface area contributed by atoms with Crippen molar-refractivity contribution in [2.45, 2.75) is 58.2 Å². The smallest absolute Gasteiger partial charge is 0.286 e. The van der Waals surface area contributed by atoms with Gasteiger partial charge >= 0.3 is 0 Å². The Labute approximate surface area is 114 Å². The largest absolute Gasteiger partial charge is 0.288 e. The Kier molecular flexibility index (Phi) is 5.55. The van der Waals surface area contributed by atoms with Crippen LogP contribution in [0.3, 0.4) is 0 Å². The minimum absolute atomic E-state index is 0.134. The van der Waals surface area contributed by atoms with Crippen LogP contribution in [0.4, 0.5) is 0 Å². The Hall–Kier alpha value is -1.19. The summed E-state index contributed by atoms with van der Waals surface area (Å²) in [6.45, 7) is 2.23. The zero-order valence-corrected chi connectivity index (χ0v) is 11.5. The van der Waals surface area contributed by atoms with Gasteiger partial charge in [-0.3, -0.25) is 4.79 Å². The fraction of sp³-hybridized carbons (Fsp3) is 0.562. The molecule has 103 valence electrons. The highest BCUT2D eigenvalue weighted by Crippen LogP contribution is 2.19. The lowest BCUT2D eigenvalue weighted by Crippen LogP contribution is -2.07. The van der Waals surface area contributed by atoms with Gasteiger partial charge in [0.15, 0.2) is 0 Å². The van der Waals surface area contributed by atoms with Crippen LogP contribution in [0.15, 0.2) is 18.2 Å². The molecule has 0 spiro atoms. The van der Waals surface area contributed by atoms with Gasteiger partial charge in [0, 0.05) is 5.56 Å². The summed E-state index contributed by atoms with van der Waals surface area (Å²) in [5.74, 6) is -0.134. The van der Waals surface area contributed by atoms with Gasteiger partial charge in [0.1, 0.15) is 0 Å². The van der Waals surface area contributed by atoms with E-state index in [-0.39, 0.29) is 5.78 Å². The van der Waals surface area contributed by atoms with Gasteiger partial charge in [-0.1, -0.05) is 51.2 Å². The lowest BCUT2D eigenvalue weighted by molar-refractivity contribution is 0.0850. The molecule has 1 aromatic carbocycles. The first-order chi connectivity index (χ1) is 9.31. The Morgan fingerprint density at radius 2 is 1.95 bits per heavy atom. The molecule has 0 unspecified atom stereocenters. The van der Waals surface area contributed by atoms with Gasteiger partial charge in [-0.05, 0) is 30.5 Å². The molecule has 19 heavy (non-hydrogen) atoms. The number of unbranched alkanes of at least 4 members (excludes halogenated alkanes) is 5. The molecule has 2 rings (SSSR count). The Morgan fingerprint density at radius 3 is 2.68 bits per heavy atom. The van der Waals surface area contributed by atoms with E-state index in [4.69, 9.17) is 0 Å². The summed E-state index contributed by atoms with van der Waals surface area (Å²) in [7, 11) is 0. The number of hydrogen-bond donors (Lipinski definition) is 0. The van der Waals surface area contributed by atoms with Crippen LogP contribution in [0.5, 0.6) is 0 Å². The molecule has 3 heteroatoms. The van der Waals surface area contributed by atoms with Crippen molar-refractivity contribution in [1.29, 1.82) is 0 Å². The van der Waals surface area contributed by atoms with Crippen LogP contribution in [0, 0.1) is 6.07 Å². The van der Waals surface area contributed by atoms with E-state index in [2.05, 4.69) is 22.8 Å². The molecule has 1 radical (unpaired) electrons. The molecule has 0 N–H and O–H groups in total. The number of carbonyl (C=O) groups is 1. The molecular formula is C16H21O3. The van der Waals surface area contributed by atoms with Crippen molar-refractivity contribution in [3.8, 4) is 0 Å². The van der Waals surface area contributed by atoms with Crippen LogP contribution < -0.4 is 0 Å². The second-order valence-corrected chi connectivity index (χ2v) is 5.02. The minimum Gasteiger partial charge on any atom is -0.288 e. The van der Waals surface area contributed by atoms with Crippen molar-refractivity contribution in [3.63, 3.8) is 0 Å². The van der Waals surface area contributed by atoms with Crippen LogP contribution in [0.1, 0.15) is 61.4 Å². The third-order valence-electron chi connectivity index (χ3n) is 3.36. The monoisotopic (exact) mass is 261 g/mol. The number of aryl methyl sites for hydroxylation is 1. The van der Waals surface area contributed by atoms with Gasteiger partial charge in [0.05, 0.1) is 0 Å². The lowest BCUT2D eigenvalue weighted by atomic mass is 10.0. The topological polar surface area (TPSA) is 42.1 Å². The Morgan fingerprint density at radius 1 is 1.21 bits per heavy atom. The highest BCUT2D eigenvalue weighted by molar-refractivity contribution is 5.99. The van der Waals surface area contributed by atoms with E-state index in [1.807, 2.05) is 18.2 Å². The predicted molar refractivity (Wildman–Crippen MR) is 72.6 cm³/mol. The first-order valence-electron chi connectivity index (χ1n) is 7.18. The minimum atomic E-state index is -0.694. The molecule has 1 fully saturated rings. The molecule has 0 atom stereocenters. The average Bonchev–Trinajstić information content (AvgIpc) is 3.27. The lowest BCUT2D eigenvalue weighted by Gasteiger charge is -2.03. The SMILES string of the molecule is CCCCCCCCc1cc[c]c(C(=O)C2OO2)c1. The van der Waals surface area contributed by atoms with Crippen LogP contribution in [-0.2, 0) is 16.2 Å². The molecule has 0 amide bonds. The maximum absolute atomic E-state index is 11.7. The van der Waals surface area contributed by atoms with Crippen LogP contribution >= 0.6 is 0 Å². The number of benzene rings is 1. The fourth-order valence-electron chi connectivity index (χ4n) is 2.16. The van der Waals surface area contributed by atoms with Crippen molar-refractivity contribution in [2.24, 2.45) is 0 Å². The molecule has 1 saturated heterocycles. The normalized spacial score (nSPS) is 14.6. The molecule has 3 nitrogen and oxygen atoms in total. The van der Waals surface area contributed by atoms with E-state index in [0.29, 0.717) is 5.56 Å². The third kappa shape index (κ3) is 4.77. The van der Waals surface area contributed by atoms with Crippen molar-refractivity contribution in [2.75, 3.05) is 0 Å². The second-order valence-electron chi connectivity index (χ2n) is 5.02. The first kappa shape index (κ1) is 14.2. The Bertz CT molecular complexity index is 410. The molecule has 1 aliphatic rings. The Balaban J connectivity index is 1.74. The summed E-state index contributed by atoms with van der Waals surface area (Å²) in [5, 5.41) is 0. The first-order valence-corrected chi connectivity index (χ1v) is 7.18. The molecule has 0 bridgehead atoms. The number of Topliss-reactive ketones (excluding diaryl/α,β-unsaturated/α-hetero) is 1. The van der Waals surface area contributed by atoms with Crippen molar-refractivity contribution in [3.05, 3.63) is 35.4 Å². The third-order valence-corrected chi connectivity index (χ3v) is 3.36. The summed E-state index contributed by atoms with van der Waals surface area (Å²) < 4.78 is 0. The van der Waals surface area contributed by atoms with Gasteiger partial charge in [-0.2, -0.15) is 9.78 Å². The molecule has 0 aliphatic carbocycles. The van der Waals surface area contributed by atoms with Crippen molar-refractivity contribution >= 4 is 5.78 Å². The zero-order valence-electron chi connectivity index (χ0n) is 11.5. The van der Waals surface area contributed by atoms with E-state index >= 15 is 0 Å². The number of rotatable bonds is 9. The standard InChI is InChI=1S/C16H21O3/c1-2-3-4-5-6-7-9-13-10-8-11-14(12-13)15(17)16-18-19-16/h8,10,12,16H,2-7,9H2,1H3. The average molecular weight is 261 g/mol. The van der Waals surface area contributed by atoms with Crippen LogP contribution in [0.25, 0.3) is 0 Å². The quantitative estimate of drug-likeness (QED) is 0.293. The second kappa shape index (κ2) is 7.41. The number of ketones is 1. The van der Waals surface area contributed by atoms with Gasteiger partial charge in [-0.15, -0.1) is 0 Å². The molecule has 1 heterocycles. The van der Waals surface area contributed by atoms with Gasteiger partial charge in [0.2, 0.25) is 5.78 Å². The van der Waals surface area contributed by atoms with E-state index in [1.54, 1.807) is 0 Å². The fourth-order valence-corrected chi connectivity index (χ4v) is 2.16. The van der Waals surface area contributed by atoms with E-state index in [9.17, 15) is 4.79 Å². The molecule has 0 aromatic heterocycles. The van der Waals surface area contributed by atoms with E-state index in [1.165, 1.54) is 44.1 Å². The summed E-state index contributed by atoms with van der Waals surface area (Å²) >= 11 is 0. The van der Waals surface area contributed by atoms with Crippen molar-refractivity contribution < 1.29 is 14.6 Å². The maximum Gasteiger partial charge on any atom is 0.286 e. The number of hydrogen-bond acceptors (Lipinski definition) is 3. The van der Waals surface area contributed by atoms with Crippen molar-refractivity contribution in [1.82, 2.24) is 0 Å². The van der Waals surface area contributed by atoms with Crippen LogP contribution in [0.2, 0.25) is 0 Å². The zero-order chi connectivity index (χ0) is 13.5. The number of carbonyl (C=O) groups excluding carboxylic acids is 1. The summed E-state index contributed by atoms with van der Waals surface area (Å²) in [4.78, 5) is 20.8.